The summed E-state index contributed by atoms with van der Waals surface area (Å²) in [6.45, 7) is 0. The van der Waals surface area contributed by atoms with Crippen molar-refractivity contribution in [3.8, 4) is 6.07 Å². The molecule has 2 rings (SSSR count). The molecule has 0 aromatic heterocycles. The molecule has 0 fully saturated rings. The van der Waals surface area contributed by atoms with Crippen molar-refractivity contribution in [1.82, 2.24) is 0 Å². The van der Waals surface area contributed by atoms with E-state index in [-0.39, 0.29) is 5.69 Å². The molecule has 0 saturated heterocycles. The number of hydrogen-bond donors (Lipinski definition) is 0. The molecule has 0 saturated carbocycles. The van der Waals surface area contributed by atoms with E-state index in [0.29, 0.717) is 16.2 Å². The second-order valence-corrected chi connectivity index (χ2v) is 4.46. The fraction of sp³-hybridized carbons (Fsp3) is 0. The van der Waals surface area contributed by atoms with Crippen LogP contribution in [0.2, 0.25) is 5.02 Å². The Kier molecular flexibility index (Phi) is 4.14. The normalized spacial score (nSPS) is 10.9. The average molecular weight is 285 g/mol. The summed E-state index contributed by atoms with van der Waals surface area (Å²) in [7, 11) is 0. The SMILES string of the molecule is N#C/C(=C\c1ccc(Cl)cc1)c1ccc([N+](=O)[O-])cc1. The zero-order valence-electron chi connectivity index (χ0n) is 10.3. The molecule has 98 valence electrons. The Labute approximate surface area is 120 Å². The van der Waals surface area contributed by atoms with Crippen LogP contribution in [0, 0.1) is 21.4 Å². The molecule has 0 unspecified atom stereocenters. The lowest BCUT2D eigenvalue weighted by molar-refractivity contribution is -0.384. The highest BCUT2D eigenvalue weighted by molar-refractivity contribution is 6.30. The standard InChI is InChI=1S/C15H9ClN2O2/c16-14-5-1-11(2-6-14)9-13(10-17)12-3-7-15(8-4-12)18(19)20/h1-9H/b13-9+. The van der Waals surface area contributed by atoms with E-state index < -0.39 is 4.92 Å². The van der Waals surface area contributed by atoms with Crippen LogP contribution in [-0.2, 0) is 0 Å². The minimum absolute atomic E-state index is 0.00228. The number of nitro benzene ring substituents is 1. The Hall–Kier alpha value is -2.64. The van der Waals surface area contributed by atoms with Crippen molar-refractivity contribution >= 4 is 28.9 Å². The summed E-state index contributed by atoms with van der Waals surface area (Å²) in [6, 6.07) is 15.0. The Balaban J connectivity index is 2.35. The Bertz CT molecular complexity index is 698. The number of rotatable bonds is 3. The zero-order valence-corrected chi connectivity index (χ0v) is 11.0. The van der Waals surface area contributed by atoms with E-state index in [1.807, 2.05) is 0 Å². The number of nitro groups is 1. The van der Waals surface area contributed by atoms with Crippen LogP contribution in [0.4, 0.5) is 5.69 Å². The van der Waals surface area contributed by atoms with Crippen LogP contribution in [0.1, 0.15) is 11.1 Å². The molecular formula is C15H9ClN2O2. The van der Waals surface area contributed by atoms with E-state index in [1.165, 1.54) is 12.1 Å². The van der Waals surface area contributed by atoms with E-state index in [2.05, 4.69) is 6.07 Å². The van der Waals surface area contributed by atoms with E-state index in [0.717, 1.165) is 5.56 Å². The zero-order chi connectivity index (χ0) is 14.5. The predicted molar refractivity (Wildman–Crippen MR) is 78.0 cm³/mol. The fourth-order valence-corrected chi connectivity index (χ4v) is 1.79. The van der Waals surface area contributed by atoms with Gasteiger partial charge in [-0.1, -0.05) is 23.7 Å². The van der Waals surface area contributed by atoms with Crippen LogP contribution >= 0.6 is 11.6 Å². The minimum Gasteiger partial charge on any atom is -0.258 e. The van der Waals surface area contributed by atoms with Crippen molar-refractivity contribution in [3.63, 3.8) is 0 Å². The van der Waals surface area contributed by atoms with Gasteiger partial charge in [0.15, 0.2) is 0 Å². The monoisotopic (exact) mass is 284 g/mol. The molecule has 4 nitrogen and oxygen atoms in total. The second-order valence-electron chi connectivity index (χ2n) is 4.03. The molecule has 2 aromatic rings. The third kappa shape index (κ3) is 3.22. The van der Waals surface area contributed by atoms with Gasteiger partial charge in [-0.3, -0.25) is 10.1 Å². The maximum Gasteiger partial charge on any atom is 0.269 e. The molecule has 20 heavy (non-hydrogen) atoms. The third-order valence-electron chi connectivity index (χ3n) is 2.69. The van der Waals surface area contributed by atoms with Gasteiger partial charge in [-0.2, -0.15) is 5.26 Å². The van der Waals surface area contributed by atoms with Gasteiger partial charge in [0.2, 0.25) is 0 Å². The van der Waals surface area contributed by atoms with Crippen molar-refractivity contribution in [1.29, 1.82) is 5.26 Å². The summed E-state index contributed by atoms with van der Waals surface area (Å²) in [5, 5.41) is 20.4. The molecule has 0 heterocycles. The quantitative estimate of drug-likeness (QED) is 0.365. The Morgan fingerprint density at radius 1 is 1.15 bits per heavy atom. The smallest absolute Gasteiger partial charge is 0.258 e. The van der Waals surface area contributed by atoms with E-state index in [4.69, 9.17) is 11.6 Å². The Morgan fingerprint density at radius 2 is 1.75 bits per heavy atom. The number of benzene rings is 2. The molecule has 5 heteroatoms. The van der Waals surface area contributed by atoms with Crippen LogP contribution in [0.25, 0.3) is 11.6 Å². The highest BCUT2D eigenvalue weighted by Gasteiger charge is 2.06. The third-order valence-corrected chi connectivity index (χ3v) is 2.94. The van der Waals surface area contributed by atoms with Crippen LogP contribution in [0.3, 0.4) is 0 Å². The molecule has 0 N–H and O–H groups in total. The average Bonchev–Trinajstić information content (AvgIpc) is 2.47. The number of halogens is 1. The van der Waals surface area contributed by atoms with Gasteiger partial charge >= 0.3 is 0 Å². The lowest BCUT2D eigenvalue weighted by atomic mass is 10.0. The number of non-ortho nitro benzene ring substituents is 1. The van der Waals surface area contributed by atoms with Crippen LogP contribution in [-0.4, -0.2) is 4.92 Å². The van der Waals surface area contributed by atoms with Gasteiger partial charge in [-0.15, -0.1) is 0 Å². The first-order valence-electron chi connectivity index (χ1n) is 5.72. The van der Waals surface area contributed by atoms with Gasteiger partial charge in [-0.05, 0) is 41.5 Å². The summed E-state index contributed by atoms with van der Waals surface area (Å²) in [5.74, 6) is 0. The molecule has 0 aliphatic carbocycles. The van der Waals surface area contributed by atoms with Crippen molar-refractivity contribution < 1.29 is 4.92 Å². The Morgan fingerprint density at radius 3 is 2.25 bits per heavy atom. The largest absolute Gasteiger partial charge is 0.269 e. The molecule has 0 spiro atoms. The number of nitriles is 1. The molecule has 0 amide bonds. The topological polar surface area (TPSA) is 66.9 Å². The number of nitrogens with zero attached hydrogens (tertiary/aromatic N) is 2. The predicted octanol–water partition coefficient (Wildman–Crippen LogP) is 4.31. The highest BCUT2D eigenvalue weighted by Crippen LogP contribution is 2.21. The van der Waals surface area contributed by atoms with Gasteiger partial charge in [0.05, 0.1) is 16.6 Å². The van der Waals surface area contributed by atoms with Gasteiger partial charge in [0.1, 0.15) is 0 Å². The van der Waals surface area contributed by atoms with Gasteiger partial charge in [0.25, 0.3) is 5.69 Å². The lowest BCUT2D eigenvalue weighted by Crippen LogP contribution is -1.88. The first-order chi connectivity index (χ1) is 9.60. The number of allylic oxidation sites excluding steroid dienone is 1. The summed E-state index contributed by atoms with van der Waals surface area (Å²) < 4.78 is 0. The van der Waals surface area contributed by atoms with Crippen LogP contribution < -0.4 is 0 Å². The van der Waals surface area contributed by atoms with Crippen molar-refractivity contribution in [2.45, 2.75) is 0 Å². The first-order valence-corrected chi connectivity index (χ1v) is 6.10. The highest BCUT2D eigenvalue weighted by atomic mass is 35.5. The molecule has 0 bridgehead atoms. The first kappa shape index (κ1) is 13.8. The second kappa shape index (κ2) is 6.00. The van der Waals surface area contributed by atoms with E-state index in [9.17, 15) is 15.4 Å². The summed E-state index contributed by atoms with van der Waals surface area (Å²) in [5.41, 5.74) is 1.90. The summed E-state index contributed by atoms with van der Waals surface area (Å²) >= 11 is 5.80. The van der Waals surface area contributed by atoms with E-state index >= 15 is 0 Å². The summed E-state index contributed by atoms with van der Waals surface area (Å²) in [4.78, 5) is 10.1. The van der Waals surface area contributed by atoms with Gasteiger partial charge in [0, 0.05) is 17.2 Å². The summed E-state index contributed by atoms with van der Waals surface area (Å²) in [6.07, 6.45) is 1.71. The van der Waals surface area contributed by atoms with Crippen LogP contribution in [0.5, 0.6) is 0 Å². The van der Waals surface area contributed by atoms with Crippen molar-refractivity contribution in [3.05, 3.63) is 74.8 Å². The molecule has 0 radical (unpaired) electrons. The van der Waals surface area contributed by atoms with Crippen LogP contribution in [0.15, 0.2) is 48.5 Å². The lowest BCUT2D eigenvalue weighted by Gasteiger charge is -2.00. The maximum absolute atomic E-state index is 10.6. The number of hydrogen-bond acceptors (Lipinski definition) is 3. The molecule has 2 aromatic carbocycles. The van der Waals surface area contributed by atoms with Crippen molar-refractivity contribution in [2.75, 3.05) is 0 Å². The van der Waals surface area contributed by atoms with Crippen molar-refractivity contribution in [2.24, 2.45) is 0 Å². The van der Waals surface area contributed by atoms with E-state index in [1.54, 1.807) is 42.5 Å². The fourth-order valence-electron chi connectivity index (χ4n) is 1.67. The molecule has 0 aliphatic heterocycles. The van der Waals surface area contributed by atoms with Gasteiger partial charge in [-0.25, -0.2) is 0 Å². The maximum atomic E-state index is 10.6. The molecular weight excluding hydrogens is 276 g/mol. The van der Waals surface area contributed by atoms with Gasteiger partial charge < -0.3 is 0 Å². The molecule has 0 atom stereocenters. The minimum atomic E-state index is -0.473. The molecule has 0 aliphatic rings.